The van der Waals surface area contributed by atoms with Crippen molar-refractivity contribution in [2.45, 2.75) is 13.0 Å². The van der Waals surface area contributed by atoms with Crippen molar-refractivity contribution >= 4 is 0 Å². The summed E-state index contributed by atoms with van der Waals surface area (Å²) in [6.07, 6.45) is 0.583. The molecule has 3 heteroatoms. The Hall–Kier alpha value is -0.120. The Kier molecular flexibility index (Phi) is 4.95. The fourth-order valence-electron chi connectivity index (χ4n) is 0.0962. The third-order valence-electron chi connectivity index (χ3n) is 0.629. The molecule has 0 aromatic carbocycles. The number of aliphatic hydroxyl groups excluding tert-OH is 1. The zero-order chi connectivity index (χ0) is 6.41. The van der Waals surface area contributed by atoms with Gasteiger partial charge in [-0.2, -0.15) is 0 Å². The summed E-state index contributed by atoms with van der Waals surface area (Å²) in [5, 5.41) is 7.75. The number of aliphatic hydroxyl groups is 1. The number of rotatable bonds is 1. The summed E-state index contributed by atoms with van der Waals surface area (Å²) in [7, 11) is 0. The predicted octanol–water partition coefficient (Wildman–Crippen LogP) is -0.658. The van der Waals surface area contributed by atoms with Gasteiger partial charge >= 0.3 is 0 Å². The molecule has 0 aromatic heterocycles. The second-order valence-electron chi connectivity index (χ2n) is 1.66. The van der Waals surface area contributed by atoms with E-state index in [9.17, 15) is 0 Å². The molecule has 3 N–H and O–H groups in total. The Bertz CT molecular complexity index is 43.7. The average Bonchev–Trinajstić information content (AvgIpc) is 2.52. The van der Waals surface area contributed by atoms with Crippen LogP contribution in [0.25, 0.3) is 0 Å². The minimum Gasteiger partial charge on any atom is -0.395 e. The van der Waals surface area contributed by atoms with Gasteiger partial charge in [0.1, 0.15) is 0 Å². The Morgan fingerprint density at radius 2 is 2.12 bits per heavy atom. The normalized spacial score (nSPS) is 23.6. The molecule has 0 amide bonds. The summed E-state index contributed by atoms with van der Waals surface area (Å²) in [5.74, 6) is 0. The first-order valence-electron chi connectivity index (χ1n) is 2.73. The minimum absolute atomic E-state index is 0.0972. The molecule has 1 aliphatic rings. The van der Waals surface area contributed by atoms with Gasteiger partial charge in [-0.05, 0) is 6.92 Å². The fraction of sp³-hybridized carbons (Fsp3) is 1.00. The van der Waals surface area contributed by atoms with Crippen molar-refractivity contribution in [3.05, 3.63) is 0 Å². The third kappa shape index (κ3) is 9.30. The molecular weight excluding hydrogens is 106 g/mol. The van der Waals surface area contributed by atoms with Crippen molar-refractivity contribution in [2.75, 3.05) is 19.8 Å². The van der Waals surface area contributed by atoms with E-state index in [0.717, 1.165) is 6.61 Å². The van der Waals surface area contributed by atoms with E-state index in [1.807, 2.05) is 0 Å². The van der Waals surface area contributed by atoms with Gasteiger partial charge in [-0.1, -0.05) is 0 Å². The van der Waals surface area contributed by atoms with Crippen molar-refractivity contribution in [1.82, 2.24) is 0 Å². The van der Waals surface area contributed by atoms with Crippen molar-refractivity contribution < 1.29 is 9.84 Å². The summed E-state index contributed by atoms with van der Waals surface area (Å²) < 4.78 is 4.71. The number of nitrogens with two attached hydrogens (primary N) is 1. The first kappa shape index (κ1) is 7.88. The van der Waals surface area contributed by atoms with E-state index in [0.29, 0.717) is 12.6 Å². The summed E-state index contributed by atoms with van der Waals surface area (Å²) in [4.78, 5) is 0. The van der Waals surface area contributed by atoms with Crippen LogP contribution in [0.15, 0.2) is 0 Å². The SMILES string of the molecule is CC1CO1.NCCO. The van der Waals surface area contributed by atoms with E-state index < -0.39 is 0 Å². The van der Waals surface area contributed by atoms with Crippen molar-refractivity contribution in [1.29, 1.82) is 0 Å². The molecule has 0 aliphatic carbocycles. The van der Waals surface area contributed by atoms with Gasteiger partial charge in [-0.25, -0.2) is 0 Å². The zero-order valence-electron chi connectivity index (χ0n) is 5.13. The number of hydrogen-bond donors (Lipinski definition) is 2. The van der Waals surface area contributed by atoms with Crippen LogP contribution in [0.1, 0.15) is 6.92 Å². The Labute approximate surface area is 49.4 Å². The number of hydrogen-bond acceptors (Lipinski definition) is 3. The van der Waals surface area contributed by atoms with Gasteiger partial charge in [-0.3, -0.25) is 0 Å². The second kappa shape index (κ2) is 5.03. The van der Waals surface area contributed by atoms with Gasteiger partial charge in [0, 0.05) is 6.54 Å². The average molecular weight is 119 g/mol. The van der Waals surface area contributed by atoms with Crippen LogP contribution in [0.5, 0.6) is 0 Å². The maximum atomic E-state index is 7.75. The molecule has 1 fully saturated rings. The molecule has 0 bridgehead atoms. The van der Waals surface area contributed by atoms with Crippen LogP contribution in [-0.4, -0.2) is 31.0 Å². The second-order valence-corrected chi connectivity index (χ2v) is 1.66. The smallest absolute Gasteiger partial charge is 0.0781 e. The molecule has 0 spiro atoms. The molecule has 1 aliphatic heterocycles. The Morgan fingerprint density at radius 1 is 1.88 bits per heavy atom. The highest BCUT2D eigenvalue weighted by Crippen LogP contribution is 2.04. The molecule has 0 radical (unpaired) electrons. The number of ether oxygens (including phenoxy) is 1. The highest BCUT2D eigenvalue weighted by molar-refractivity contribution is 4.58. The summed E-state index contributed by atoms with van der Waals surface area (Å²) >= 11 is 0. The van der Waals surface area contributed by atoms with Crippen LogP contribution in [-0.2, 0) is 4.74 Å². The molecule has 8 heavy (non-hydrogen) atoms. The van der Waals surface area contributed by atoms with Crippen LogP contribution in [0.4, 0.5) is 0 Å². The van der Waals surface area contributed by atoms with E-state index in [1.54, 1.807) is 0 Å². The van der Waals surface area contributed by atoms with Gasteiger partial charge in [0.25, 0.3) is 0 Å². The van der Waals surface area contributed by atoms with E-state index in [2.05, 4.69) is 6.92 Å². The molecule has 1 saturated heterocycles. The summed E-state index contributed by atoms with van der Waals surface area (Å²) in [6.45, 7) is 3.51. The van der Waals surface area contributed by atoms with Crippen LogP contribution in [0.2, 0.25) is 0 Å². The van der Waals surface area contributed by atoms with Gasteiger partial charge in [0.2, 0.25) is 0 Å². The highest BCUT2D eigenvalue weighted by Gasteiger charge is 2.13. The molecule has 1 unspecified atom stereocenters. The van der Waals surface area contributed by atoms with E-state index in [4.69, 9.17) is 15.6 Å². The van der Waals surface area contributed by atoms with Crippen LogP contribution in [0.3, 0.4) is 0 Å². The van der Waals surface area contributed by atoms with Crippen LogP contribution in [0, 0.1) is 0 Å². The Morgan fingerprint density at radius 3 is 2.12 bits per heavy atom. The highest BCUT2D eigenvalue weighted by atomic mass is 16.6. The maximum Gasteiger partial charge on any atom is 0.0781 e. The third-order valence-corrected chi connectivity index (χ3v) is 0.629. The van der Waals surface area contributed by atoms with Crippen molar-refractivity contribution in [3.8, 4) is 0 Å². The molecular formula is C5H13NO2. The Balaban J connectivity index is 0.000000122. The minimum atomic E-state index is 0.0972. The lowest BCUT2D eigenvalue weighted by Crippen LogP contribution is -2.02. The monoisotopic (exact) mass is 119 g/mol. The lowest BCUT2D eigenvalue weighted by molar-refractivity contribution is 0.306. The topological polar surface area (TPSA) is 58.8 Å². The first-order chi connectivity index (χ1) is 3.81. The van der Waals surface area contributed by atoms with E-state index >= 15 is 0 Å². The molecule has 0 aromatic rings. The van der Waals surface area contributed by atoms with Gasteiger partial charge in [0.15, 0.2) is 0 Å². The predicted molar refractivity (Wildman–Crippen MR) is 31.6 cm³/mol. The molecule has 1 atom stereocenters. The van der Waals surface area contributed by atoms with Crippen LogP contribution >= 0.6 is 0 Å². The van der Waals surface area contributed by atoms with Gasteiger partial charge in [-0.15, -0.1) is 0 Å². The lowest BCUT2D eigenvalue weighted by atomic mass is 10.6. The van der Waals surface area contributed by atoms with Crippen LogP contribution < -0.4 is 5.73 Å². The maximum absolute atomic E-state index is 7.75. The zero-order valence-corrected chi connectivity index (χ0v) is 5.13. The first-order valence-corrected chi connectivity index (χ1v) is 2.73. The van der Waals surface area contributed by atoms with E-state index in [-0.39, 0.29) is 6.61 Å². The molecule has 1 rings (SSSR count). The van der Waals surface area contributed by atoms with Gasteiger partial charge in [0.05, 0.1) is 19.3 Å². The van der Waals surface area contributed by atoms with Crippen molar-refractivity contribution in [3.63, 3.8) is 0 Å². The summed E-state index contributed by atoms with van der Waals surface area (Å²) in [5.41, 5.74) is 4.78. The quantitative estimate of drug-likeness (QED) is 0.451. The molecule has 3 nitrogen and oxygen atoms in total. The van der Waals surface area contributed by atoms with Gasteiger partial charge < -0.3 is 15.6 Å². The number of epoxide rings is 1. The fourth-order valence-corrected chi connectivity index (χ4v) is 0.0962. The molecule has 50 valence electrons. The van der Waals surface area contributed by atoms with E-state index in [1.165, 1.54) is 0 Å². The molecule has 0 saturated carbocycles. The largest absolute Gasteiger partial charge is 0.395 e. The summed E-state index contributed by atoms with van der Waals surface area (Å²) in [6, 6.07) is 0. The van der Waals surface area contributed by atoms with Crippen molar-refractivity contribution in [2.24, 2.45) is 5.73 Å². The molecule has 1 heterocycles. The lowest BCUT2D eigenvalue weighted by Gasteiger charge is -1.71. The standard InChI is InChI=1S/C3H6O.C2H7NO/c1-3-2-4-3;3-1-2-4/h3H,2H2,1H3;4H,1-3H2.